The van der Waals surface area contributed by atoms with Crippen LogP contribution in [0.4, 0.5) is 4.79 Å². The quantitative estimate of drug-likeness (QED) is 0.803. The summed E-state index contributed by atoms with van der Waals surface area (Å²) in [6.07, 6.45) is 7.00. The van der Waals surface area contributed by atoms with Crippen LogP contribution < -0.4 is 5.73 Å². The lowest BCUT2D eigenvalue weighted by atomic mass is 9.75. The number of ether oxygens (including phenoxy) is 1. The summed E-state index contributed by atoms with van der Waals surface area (Å²) in [6.45, 7) is 7.46. The Morgan fingerprint density at radius 3 is 2.00 bits per heavy atom. The number of carbonyl (C=O) groups is 1. The Balaban J connectivity index is 1.76. The second-order valence-corrected chi connectivity index (χ2v) is 7.48. The molecule has 20 heavy (non-hydrogen) atoms. The SMILES string of the molecule is CC(C)(C)OC(=O)N1CCC(C2CCC(N)CC2)CC1. The molecule has 2 aliphatic rings. The monoisotopic (exact) mass is 282 g/mol. The summed E-state index contributed by atoms with van der Waals surface area (Å²) in [4.78, 5) is 13.9. The van der Waals surface area contributed by atoms with E-state index in [0.29, 0.717) is 6.04 Å². The fraction of sp³-hybridized carbons (Fsp3) is 0.938. The minimum Gasteiger partial charge on any atom is -0.444 e. The van der Waals surface area contributed by atoms with Crippen LogP contribution in [0.1, 0.15) is 59.3 Å². The molecule has 1 saturated carbocycles. The summed E-state index contributed by atoms with van der Waals surface area (Å²) in [5.74, 6) is 1.61. The molecule has 0 bridgehead atoms. The molecular weight excluding hydrogens is 252 g/mol. The Kier molecular flexibility index (Phi) is 4.95. The maximum Gasteiger partial charge on any atom is 0.410 e. The van der Waals surface area contributed by atoms with Gasteiger partial charge >= 0.3 is 6.09 Å². The van der Waals surface area contributed by atoms with Crippen LogP contribution in [-0.2, 0) is 4.74 Å². The Morgan fingerprint density at radius 2 is 1.50 bits per heavy atom. The van der Waals surface area contributed by atoms with Gasteiger partial charge in [-0.15, -0.1) is 0 Å². The number of carbonyl (C=O) groups excluding carboxylic acids is 1. The molecule has 1 saturated heterocycles. The molecular formula is C16H30N2O2. The van der Waals surface area contributed by atoms with Crippen molar-refractivity contribution in [2.75, 3.05) is 13.1 Å². The van der Waals surface area contributed by atoms with Crippen molar-refractivity contribution in [3.63, 3.8) is 0 Å². The third-order valence-electron chi connectivity index (χ3n) is 4.67. The van der Waals surface area contributed by atoms with Gasteiger partial charge < -0.3 is 15.4 Å². The zero-order valence-electron chi connectivity index (χ0n) is 13.2. The highest BCUT2D eigenvalue weighted by atomic mass is 16.6. The predicted molar refractivity (Wildman–Crippen MR) is 80.5 cm³/mol. The van der Waals surface area contributed by atoms with E-state index in [1.54, 1.807) is 0 Å². The van der Waals surface area contributed by atoms with Crippen LogP contribution in [0.3, 0.4) is 0 Å². The highest BCUT2D eigenvalue weighted by Crippen LogP contribution is 2.35. The molecule has 116 valence electrons. The second kappa shape index (κ2) is 6.33. The average Bonchev–Trinajstić information content (AvgIpc) is 2.38. The van der Waals surface area contributed by atoms with E-state index in [4.69, 9.17) is 10.5 Å². The number of nitrogens with two attached hydrogens (primary N) is 1. The molecule has 1 aliphatic heterocycles. The van der Waals surface area contributed by atoms with Gasteiger partial charge in [0.25, 0.3) is 0 Å². The van der Waals surface area contributed by atoms with E-state index in [1.165, 1.54) is 25.7 Å². The normalized spacial score (nSPS) is 29.3. The van der Waals surface area contributed by atoms with E-state index in [1.807, 2.05) is 25.7 Å². The van der Waals surface area contributed by atoms with Gasteiger partial charge in [-0.25, -0.2) is 4.79 Å². The van der Waals surface area contributed by atoms with E-state index < -0.39 is 5.60 Å². The molecule has 0 atom stereocenters. The number of hydrogen-bond acceptors (Lipinski definition) is 3. The highest BCUT2D eigenvalue weighted by molar-refractivity contribution is 5.68. The first kappa shape index (κ1) is 15.6. The molecule has 0 aromatic rings. The van der Waals surface area contributed by atoms with Crippen LogP contribution in [0.15, 0.2) is 0 Å². The summed E-state index contributed by atoms with van der Waals surface area (Å²) >= 11 is 0. The highest BCUT2D eigenvalue weighted by Gasteiger charge is 2.32. The molecule has 2 fully saturated rings. The first-order valence-electron chi connectivity index (χ1n) is 8.08. The third kappa shape index (κ3) is 4.37. The number of hydrogen-bond donors (Lipinski definition) is 1. The molecule has 1 amide bonds. The van der Waals surface area contributed by atoms with E-state index in [0.717, 1.165) is 37.8 Å². The smallest absolute Gasteiger partial charge is 0.410 e. The summed E-state index contributed by atoms with van der Waals surface area (Å²) in [6, 6.07) is 0.424. The van der Waals surface area contributed by atoms with Crippen molar-refractivity contribution in [1.29, 1.82) is 0 Å². The molecule has 0 radical (unpaired) electrons. The zero-order valence-corrected chi connectivity index (χ0v) is 13.2. The summed E-state index contributed by atoms with van der Waals surface area (Å²) < 4.78 is 5.44. The Hall–Kier alpha value is -0.770. The van der Waals surface area contributed by atoms with Crippen molar-refractivity contribution in [2.45, 2.75) is 70.9 Å². The molecule has 1 aliphatic carbocycles. The van der Waals surface area contributed by atoms with E-state index >= 15 is 0 Å². The molecule has 2 N–H and O–H groups in total. The zero-order chi connectivity index (χ0) is 14.8. The largest absolute Gasteiger partial charge is 0.444 e. The van der Waals surface area contributed by atoms with E-state index in [2.05, 4.69) is 0 Å². The van der Waals surface area contributed by atoms with Crippen molar-refractivity contribution in [1.82, 2.24) is 4.90 Å². The number of amides is 1. The van der Waals surface area contributed by atoms with Crippen molar-refractivity contribution in [3.8, 4) is 0 Å². The molecule has 2 rings (SSSR count). The van der Waals surface area contributed by atoms with Gasteiger partial charge in [0, 0.05) is 19.1 Å². The Bertz CT molecular complexity index is 322. The van der Waals surface area contributed by atoms with Gasteiger partial charge in [-0.1, -0.05) is 0 Å². The molecule has 0 aromatic carbocycles. The number of rotatable bonds is 1. The van der Waals surface area contributed by atoms with E-state index in [-0.39, 0.29) is 6.09 Å². The lowest BCUT2D eigenvalue weighted by Gasteiger charge is -2.38. The number of nitrogens with zero attached hydrogens (tertiary/aromatic N) is 1. The molecule has 1 heterocycles. The lowest BCUT2D eigenvalue weighted by Crippen LogP contribution is -2.43. The first-order chi connectivity index (χ1) is 9.35. The van der Waals surface area contributed by atoms with Crippen LogP contribution in [-0.4, -0.2) is 35.7 Å². The maximum absolute atomic E-state index is 12.0. The average molecular weight is 282 g/mol. The molecule has 0 unspecified atom stereocenters. The van der Waals surface area contributed by atoms with Crippen LogP contribution >= 0.6 is 0 Å². The summed E-state index contributed by atoms with van der Waals surface area (Å²) in [7, 11) is 0. The molecule has 4 nitrogen and oxygen atoms in total. The molecule has 0 aromatic heterocycles. The maximum atomic E-state index is 12.0. The second-order valence-electron chi connectivity index (χ2n) is 7.48. The van der Waals surface area contributed by atoms with Gasteiger partial charge in [0.15, 0.2) is 0 Å². The van der Waals surface area contributed by atoms with Gasteiger partial charge in [-0.05, 0) is 71.1 Å². The summed E-state index contributed by atoms with van der Waals surface area (Å²) in [5, 5.41) is 0. The Labute approximate surface area is 123 Å². The first-order valence-corrected chi connectivity index (χ1v) is 8.08. The minimum atomic E-state index is -0.395. The lowest BCUT2D eigenvalue weighted by molar-refractivity contribution is 0.0147. The molecule has 0 spiro atoms. The topological polar surface area (TPSA) is 55.6 Å². The number of likely N-dealkylation sites (tertiary alicyclic amines) is 1. The fourth-order valence-electron chi connectivity index (χ4n) is 3.50. The number of piperidine rings is 1. The van der Waals surface area contributed by atoms with Gasteiger partial charge in [0.1, 0.15) is 5.60 Å². The summed E-state index contributed by atoms with van der Waals surface area (Å²) in [5.41, 5.74) is 5.58. The van der Waals surface area contributed by atoms with E-state index in [9.17, 15) is 4.79 Å². The minimum absolute atomic E-state index is 0.151. The fourth-order valence-corrected chi connectivity index (χ4v) is 3.50. The van der Waals surface area contributed by atoms with Gasteiger partial charge in [0.05, 0.1) is 0 Å². The van der Waals surface area contributed by atoms with Gasteiger partial charge in [-0.2, -0.15) is 0 Å². The van der Waals surface area contributed by atoms with Crippen LogP contribution in [0, 0.1) is 11.8 Å². The van der Waals surface area contributed by atoms with Crippen molar-refractivity contribution >= 4 is 6.09 Å². The third-order valence-corrected chi connectivity index (χ3v) is 4.67. The van der Waals surface area contributed by atoms with Crippen molar-refractivity contribution in [3.05, 3.63) is 0 Å². The van der Waals surface area contributed by atoms with Crippen molar-refractivity contribution in [2.24, 2.45) is 17.6 Å². The van der Waals surface area contributed by atoms with Crippen LogP contribution in [0.2, 0.25) is 0 Å². The van der Waals surface area contributed by atoms with Gasteiger partial charge in [-0.3, -0.25) is 0 Å². The molecule has 4 heteroatoms. The van der Waals surface area contributed by atoms with Crippen LogP contribution in [0.25, 0.3) is 0 Å². The van der Waals surface area contributed by atoms with Crippen molar-refractivity contribution < 1.29 is 9.53 Å². The predicted octanol–water partition coefficient (Wildman–Crippen LogP) is 3.15. The Morgan fingerprint density at radius 1 is 1.00 bits per heavy atom. The van der Waals surface area contributed by atoms with Gasteiger partial charge in [0.2, 0.25) is 0 Å². The standard InChI is InChI=1S/C16H30N2O2/c1-16(2,3)20-15(19)18-10-8-13(9-11-18)12-4-6-14(17)7-5-12/h12-14H,4-11,17H2,1-3H3. The van der Waals surface area contributed by atoms with Crippen LogP contribution in [0.5, 0.6) is 0 Å².